The highest BCUT2D eigenvalue weighted by Gasteiger charge is 2.16. The molecule has 0 aromatic heterocycles. The number of carbonyl (C=O) groups is 3. The molecule has 148 valence electrons. The van der Waals surface area contributed by atoms with Crippen molar-refractivity contribution in [3.63, 3.8) is 0 Å². The van der Waals surface area contributed by atoms with E-state index in [4.69, 9.17) is 4.74 Å². The number of rotatable bonds is 5. The topological polar surface area (TPSA) is 75.7 Å². The first-order valence-corrected chi connectivity index (χ1v) is 8.97. The van der Waals surface area contributed by atoms with E-state index in [1.54, 1.807) is 36.4 Å². The Kier molecular flexibility index (Phi) is 6.57. The molecule has 0 bridgehead atoms. The zero-order valence-electron chi connectivity index (χ0n) is 16.9. The van der Waals surface area contributed by atoms with E-state index in [0.29, 0.717) is 11.1 Å². The number of esters is 1. The molecule has 2 aromatic carbocycles. The van der Waals surface area contributed by atoms with E-state index in [9.17, 15) is 14.4 Å². The first-order valence-electron chi connectivity index (χ1n) is 8.97. The summed E-state index contributed by atoms with van der Waals surface area (Å²) in [5.41, 5.74) is 2.71. The average molecular weight is 382 g/mol. The lowest BCUT2D eigenvalue weighted by molar-refractivity contribution is -0.123. The van der Waals surface area contributed by atoms with Crippen molar-refractivity contribution in [3.8, 4) is 0 Å². The van der Waals surface area contributed by atoms with E-state index in [0.717, 1.165) is 11.3 Å². The van der Waals surface area contributed by atoms with Crippen LogP contribution in [0.5, 0.6) is 0 Å². The third-order valence-electron chi connectivity index (χ3n) is 4.22. The third kappa shape index (κ3) is 5.67. The van der Waals surface area contributed by atoms with Crippen LogP contribution in [0.2, 0.25) is 0 Å². The molecule has 6 nitrogen and oxygen atoms in total. The lowest BCUT2D eigenvalue weighted by atomic mass is 9.87. The Hall–Kier alpha value is -3.15. The van der Waals surface area contributed by atoms with Crippen LogP contribution in [-0.2, 0) is 14.9 Å². The number of nitrogens with one attached hydrogen (secondary N) is 1. The molecule has 2 rings (SSSR count). The van der Waals surface area contributed by atoms with Gasteiger partial charge in [-0.1, -0.05) is 32.9 Å². The molecule has 0 radical (unpaired) electrons. The Labute approximate surface area is 165 Å². The van der Waals surface area contributed by atoms with Crippen LogP contribution in [-0.4, -0.2) is 38.5 Å². The number of nitrogens with zero attached hydrogens (tertiary/aromatic N) is 1. The lowest BCUT2D eigenvalue weighted by Gasteiger charge is -2.19. The van der Waals surface area contributed by atoms with Crippen molar-refractivity contribution < 1.29 is 19.1 Å². The minimum absolute atomic E-state index is 0.0240. The summed E-state index contributed by atoms with van der Waals surface area (Å²) in [5.74, 6) is -1.83. The molecule has 0 saturated heterocycles. The summed E-state index contributed by atoms with van der Waals surface area (Å²) in [6, 6.07) is 13.9. The van der Waals surface area contributed by atoms with Gasteiger partial charge in [-0.15, -0.1) is 0 Å². The summed E-state index contributed by atoms with van der Waals surface area (Å²) in [6.07, 6.45) is 0. The Bertz CT molecular complexity index is 848. The maximum absolute atomic E-state index is 12.2. The number of imide groups is 1. The molecule has 0 spiro atoms. The first-order chi connectivity index (χ1) is 13.1. The molecule has 0 fully saturated rings. The molecule has 2 aromatic rings. The summed E-state index contributed by atoms with van der Waals surface area (Å²) in [7, 11) is 3.79. The third-order valence-corrected chi connectivity index (χ3v) is 4.22. The molecular formula is C22H26N2O4. The highest BCUT2D eigenvalue weighted by molar-refractivity contribution is 6.05. The lowest BCUT2D eigenvalue weighted by Crippen LogP contribution is -2.34. The Morgan fingerprint density at radius 2 is 1.43 bits per heavy atom. The van der Waals surface area contributed by atoms with Gasteiger partial charge in [0, 0.05) is 25.3 Å². The minimum Gasteiger partial charge on any atom is -0.452 e. The van der Waals surface area contributed by atoms with Crippen molar-refractivity contribution in [2.24, 2.45) is 0 Å². The SMILES string of the molecule is CN(C)c1ccc(C(=O)OCC(=O)NC(=O)c2ccc(C(C)(C)C)cc2)cc1. The molecule has 0 heterocycles. The van der Waals surface area contributed by atoms with Gasteiger partial charge in [-0.3, -0.25) is 14.9 Å². The van der Waals surface area contributed by atoms with Crippen molar-refractivity contribution in [1.29, 1.82) is 0 Å². The van der Waals surface area contributed by atoms with Gasteiger partial charge in [-0.05, 0) is 47.4 Å². The molecule has 0 aliphatic carbocycles. The fourth-order valence-corrected chi connectivity index (χ4v) is 2.47. The Balaban J connectivity index is 1.87. The quantitative estimate of drug-likeness (QED) is 0.804. The van der Waals surface area contributed by atoms with Crippen LogP contribution < -0.4 is 10.2 Å². The number of ether oxygens (including phenoxy) is 1. The van der Waals surface area contributed by atoms with Crippen molar-refractivity contribution in [2.75, 3.05) is 25.6 Å². The maximum atomic E-state index is 12.2. The number of amides is 2. The van der Waals surface area contributed by atoms with Crippen molar-refractivity contribution >= 4 is 23.5 Å². The molecule has 0 atom stereocenters. The summed E-state index contributed by atoms with van der Waals surface area (Å²) in [4.78, 5) is 38.0. The smallest absolute Gasteiger partial charge is 0.338 e. The zero-order chi connectivity index (χ0) is 20.9. The van der Waals surface area contributed by atoms with Crippen LogP contribution in [0.25, 0.3) is 0 Å². The van der Waals surface area contributed by atoms with E-state index in [1.807, 2.05) is 31.1 Å². The van der Waals surface area contributed by atoms with Crippen LogP contribution >= 0.6 is 0 Å². The molecule has 28 heavy (non-hydrogen) atoms. The fourth-order valence-electron chi connectivity index (χ4n) is 2.47. The van der Waals surface area contributed by atoms with E-state index >= 15 is 0 Å². The molecule has 1 N–H and O–H groups in total. The number of hydrogen-bond donors (Lipinski definition) is 1. The van der Waals surface area contributed by atoms with E-state index in [1.165, 1.54) is 0 Å². The molecule has 2 amide bonds. The zero-order valence-corrected chi connectivity index (χ0v) is 16.9. The molecule has 0 saturated carbocycles. The van der Waals surface area contributed by atoms with Crippen molar-refractivity contribution in [3.05, 3.63) is 65.2 Å². The van der Waals surface area contributed by atoms with Crippen molar-refractivity contribution in [2.45, 2.75) is 26.2 Å². The van der Waals surface area contributed by atoms with E-state index in [-0.39, 0.29) is 5.41 Å². The summed E-state index contributed by atoms with van der Waals surface area (Å²) < 4.78 is 4.97. The van der Waals surface area contributed by atoms with Gasteiger partial charge < -0.3 is 9.64 Å². The summed E-state index contributed by atoms with van der Waals surface area (Å²) >= 11 is 0. The molecule has 0 aliphatic rings. The second-order valence-corrected chi connectivity index (χ2v) is 7.72. The number of carbonyl (C=O) groups excluding carboxylic acids is 3. The van der Waals surface area contributed by atoms with Gasteiger partial charge in [0.15, 0.2) is 6.61 Å². The Morgan fingerprint density at radius 3 is 1.93 bits per heavy atom. The van der Waals surface area contributed by atoms with Crippen LogP contribution in [0.3, 0.4) is 0 Å². The normalized spacial score (nSPS) is 10.9. The van der Waals surface area contributed by atoms with Gasteiger partial charge in [0.2, 0.25) is 0 Å². The highest BCUT2D eigenvalue weighted by Crippen LogP contribution is 2.22. The largest absolute Gasteiger partial charge is 0.452 e. The fraction of sp³-hybridized carbons (Fsp3) is 0.318. The van der Waals surface area contributed by atoms with Crippen LogP contribution in [0.15, 0.2) is 48.5 Å². The number of anilines is 1. The van der Waals surface area contributed by atoms with E-state index in [2.05, 4.69) is 26.1 Å². The molecule has 0 unspecified atom stereocenters. The van der Waals surface area contributed by atoms with Crippen LogP contribution in [0.4, 0.5) is 5.69 Å². The van der Waals surface area contributed by atoms with Crippen LogP contribution in [0.1, 0.15) is 47.1 Å². The van der Waals surface area contributed by atoms with Gasteiger partial charge in [0.05, 0.1) is 5.56 Å². The second-order valence-electron chi connectivity index (χ2n) is 7.72. The summed E-state index contributed by atoms with van der Waals surface area (Å²) in [5, 5.41) is 2.22. The highest BCUT2D eigenvalue weighted by atomic mass is 16.5. The van der Waals surface area contributed by atoms with Gasteiger partial charge >= 0.3 is 5.97 Å². The molecular weight excluding hydrogens is 356 g/mol. The number of benzene rings is 2. The van der Waals surface area contributed by atoms with E-state index < -0.39 is 24.4 Å². The molecule has 6 heteroatoms. The first kappa shape index (κ1) is 21.2. The predicted octanol–water partition coefficient (Wildman–Crippen LogP) is 3.16. The monoisotopic (exact) mass is 382 g/mol. The average Bonchev–Trinajstić information content (AvgIpc) is 2.65. The summed E-state index contributed by atoms with van der Waals surface area (Å²) in [6.45, 7) is 5.70. The van der Waals surface area contributed by atoms with Gasteiger partial charge in [0.25, 0.3) is 11.8 Å². The maximum Gasteiger partial charge on any atom is 0.338 e. The predicted molar refractivity (Wildman–Crippen MR) is 109 cm³/mol. The van der Waals surface area contributed by atoms with Gasteiger partial charge in [0.1, 0.15) is 0 Å². The minimum atomic E-state index is -0.678. The second kappa shape index (κ2) is 8.69. The Morgan fingerprint density at radius 1 is 0.893 bits per heavy atom. The molecule has 0 aliphatic heterocycles. The van der Waals surface area contributed by atoms with Gasteiger partial charge in [-0.25, -0.2) is 4.79 Å². The van der Waals surface area contributed by atoms with Crippen molar-refractivity contribution in [1.82, 2.24) is 5.32 Å². The van der Waals surface area contributed by atoms with Crippen LogP contribution in [0, 0.1) is 0 Å². The van der Waals surface area contributed by atoms with Gasteiger partial charge in [-0.2, -0.15) is 0 Å². The number of hydrogen-bond acceptors (Lipinski definition) is 5. The standard InChI is InChI=1S/C22H26N2O4/c1-22(2,3)17-10-6-15(7-11-17)20(26)23-19(25)14-28-21(27)16-8-12-18(13-9-16)24(4)5/h6-13H,14H2,1-5H3,(H,23,25,26).